The van der Waals surface area contributed by atoms with Crippen LogP contribution in [0.15, 0.2) is 0 Å². The zero-order chi connectivity index (χ0) is 13.1. The lowest BCUT2D eigenvalue weighted by Crippen LogP contribution is -2.47. The van der Waals surface area contributed by atoms with E-state index >= 15 is 0 Å². The van der Waals surface area contributed by atoms with Gasteiger partial charge in [0.05, 0.1) is 5.25 Å². The maximum atomic E-state index is 12.3. The Bertz CT molecular complexity index is 328. The zero-order valence-electron chi connectivity index (χ0n) is 11.3. The molecule has 1 aliphatic rings. The molecule has 1 aliphatic heterocycles. The second-order valence-electron chi connectivity index (χ2n) is 5.37. The highest BCUT2D eigenvalue weighted by atomic mass is 32.2. The van der Waals surface area contributed by atoms with Gasteiger partial charge in [0.25, 0.3) is 0 Å². The van der Waals surface area contributed by atoms with Crippen molar-refractivity contribution in [1.82, 2.24) is 4.31 Å². The molecule has 1 unspecified atom stereocenters. The first-order valence-electron chi connectivity index (χ1n) is 6.58. The maximum absolute atomic E-state index is 12.3. The molecule has 17 heavy (non-hydrogen) atoms. The number of nitrogens with two attached hydrogens (primary N) is 1. The quantitative estimate of drug-likeness (QED) is 0.818. The highest BCUT2D eigenvalue weighted by Crippen LogP contribution is 2.35. The topological polar surface area (TPSA) is 63.4 Å². The first-order valence-corrected chi connectivity index (χ1v) is 8.09. The summed E-state index contributed by atoms with van der Waals surface area (Å²) in [5.41, 5.74) is 5.87. The van der Waals surface area contributed by atoms with E-state index in [1.165, 1.54) is 0 Å². The van der Waals surface area contributed by atoms with Crippen LogP contribution in [0.5, 0.6) is 0 Å². The first-order chi connectivity index (χ1) is 7.89. The average molecular weight is 262 g/mol. The smallest absolute Gasteiger partial charge is 0.218 e. The SMILES string of the molecule is CCC(CN)S(=O)(=O)N1CCC(C)(CC)CC1. The number of hydrogen-bond acceptors (Lipinski definition) is 3. The van der Waals surface area contributed by atoms with E-state index in [-0.39, 0.29) is 6.54 Å². The normalized spacial score (nSPS) is 23.5. The Morgan fingerprint density at radius 2 is 1.82 bits per heavy atom. The van der Waals surface area contributed by atoms with Crippen LogP contribution in [0.3, 0.4) is 0 Å². The summed E-state index contributed by atoms with van der Waals surface area (Å²) in [5, 5.41) is -0.409. The molecular weight excluding hydrogens is 236 g/mol. The highest BCUT2D eigenvalue weighted by Gasteiger charge is 2.36. The predicted octanol–water partition coefficient (Wildman–Crippen LogP) is 1.57. The molecule has 1 saturated heterocycles. The second-order valence-corrected chi connectivity index (χ2v) is 7.59. The summed E-state index contributed by atoms with van der Waals surface area (Å²) < 4.78 is 26.2. The van der Waals surface area contributed by atoms with E-state index in [4.69, 9.17) is 5.73 Å². The summed E-state index contributed by atoms with van der Waals surface area (Å²) in [6.07, 6.45) is 3.64. The van der Waals surface area contributed by atoms with Crippen molar-refractivity contribution in [2.45, 2.75) is 51.7 Å². The molecule has 1 rings (SSSR count). The molecule has 4 nitrogen and oxygen atoms in total. The van der Waals surface area contributed by atoms with Crippen molar-refractivity contribution in [1.29, 1.82) is 0 Å². The van der Waals surface area contributed by atoms with Crippen molar-refractivity contribution in [3.63, 3.8) is 0 Å². The molecule has 0 aliphatic carbocycles. The van der Waals surface area contributed by atoms with Crippen molar-refractivity contribution >= 4 is 10.0 Å². The Morgan fingerprint density at radius 3 is 2.18 bits per heavy atom. The van der Waals surface area contributed by atoms with Crippen LogP contribution in [0.1, 0.15) is 46.5 Å². The van der Waals surface area contributed by atoms with Crippen LogP contribution in [-0.2, 0) is 10.0 Å². The molecule has 102 valence electrons. The van der Waals surface area contributed by atoms with Gasteiger partial charge >= 0.3 is 0 Å². The number of nitrogens with zero attached hydrogens (tertiary/aromatic N) is 1. The fourth-order valence-electron chi connectivity index (χ4n) is 2.34. The summed E-state index contributed by atoms with van der Waals surface area (Å²) in [4.78, 5) is 0. The van der Waals surface area contributed by atoms with Crippen LogP contribution >= 0.6 is 0 Å². The molecule has 0 aromatic carbocycles. The van der Waals surface area contributed by atoms with Crippen molar-refractivity contribution in [2.75, 3.05) is 19.6 Å². The van der Waals surface area contributed by atoms with Crippen LogP contribution < -0.4 is 5.73 Å². The number of rotatable bonds is 5. The molecule has 5 heteroatoms. The van der Waals surface area contributed by atoms with Gasteiger partial charge in [-0.2, -0.15) is 0 Å². The fourth-order valence-corrected chi connectivity index (χ4v) is 4.12. The lowest BCUT2D eigenvalue weighted by molar-refractivity contribution is 0.168. The molecule has 0 radical (unpaired) electrons. The molecule has 0 bridgehead atoms. The van der Waals surface area contributed by atoms with Gasteiger partial charge in [-0.25, -0.2) is 12.7 Å². The highest BCUT2D eigenvalue weighted by molar-refractivity contribution is 7.89. The van der Waals surface area contributed by atoms with Crippen LogP contribution in [0, 0.1) is 5.41 Å². The van der Waals surface area contributed by atoms with Gasteiger partial charge in [-0.3, -0.25) is 0 Å². The summed E-state index contributed by atoms with van der Waals surface area (Å²) >= 11 is 0. The Morgan fingerprint density at radius 1 is 1.29 bits per heavy atom. The van der Waals surface area contributed by atoms with Gasteiger partial charge in [0.2, 0.25) is 10.0 Å². The summed E-state index contributed by atoms with van der Waals surface area (Å²) in [7, 11) is -3.17. The molecule has 0 aromatic rings. The molecule has 2 N–H and O–H groups in total. The van der Waals surface area contributed by atoms with E-state index in [0.29, 0.717) is 24.9 Å². The number of hydrogen-bond donors (Lipinski definition) is 1. The van der Waals surface area contributed by atoms with Crippen molar-refractivity contribution in [2.24, 2.45) is 11.1 Å². The molecule has 0 saturated carbocycles. The van der Waals surface area contributed by atoms with E-state index in [9.17, 15) is 8.42 Å². The maximum Gasteiger partial charge on any atom is 0.218 e. The second kappa shape index (κ2) is 5.67. The minimum Gasteiger partial charge on any atom is -0.329 e. The van der Waals surface area contributed by atoms with Crippen LogP contribution in [0.4, 0.5) is 0 Å². The van der Waals surface area contributed by atoms with E-state index in [1.807, 2.05) is 6.92 Å². The molecular formula is C12H26N2O2S. The molecule has 1 fully saturated rings. The standard InChI is InChI=1S/C12H26N2O2S/c1-4-11(10-13)17(15,16)14-8-6-12(3,5-2)7-9-14/h11H,4-10,13H2,1-3H3. The van der Waals surface area contributed by atoms with Crippen molar-refractivity contribution in [3.05, 3.63) is 0 Å². The fraction of sp³-hybridized carbons (Fsp3) is 1.00. The number of piperidine rings is 1. The lowest BCUT2D eigenvalue weighted by Gasteiger charge is -2.39. The first kappa shape index (κ1) is 14.9. The van der Waals surface area contributed by atoms with Gasteiger partial charge in [-0.15, -0.1) is 0 Å². The van der Waals surface area contributed by atoms with Crippen molar-refractivity contribution in [3.8, 4) is 0 Å². The molecule has 0 aromatic heterocycles. The van der Waals surface area contributed by atoms with E-state index < -0.39 is 15.3 Å². The monoisotopic (exact) mass is 262 g/mol. The van der Waals surface area contributed by atoms with Crippen LogP contribution in [0.2, 0.25) is 0 Å². The molecule has 0 spiro atoms. The molecule has 0 amide bonds. The summed E-state index contributed by atoms with van der Waals surface area (Å²) in [6, 6.07) is 0. The van der Waals surface area contributed by atoms with Crippen LogP contribution in [0.25, 0.3) is 0 Å². The van der Waals surface area contributed by atoms with Gasteiger partial charge < -0.3 is 5.73 Å². The van der Waals surface area contributed by atoms with E-state index in [0.717, 1.165) is 19.3 Å². The molecule has 1 atom stereocenters. The lowest BCUT2D eigenvalue weighted by atomic mass is 9.79. The Labute approximate surface area is 106 Å². The largest absolute Gasteiger partial charge is 0.329 e. The van der Waals surface area contributed by atoms with Gasteiger partial charge in [0.15, 0.2) is 0 Å². The summed E-state index contributed by atoms with van der Waals surface area (Å²) in [5.74, 6) is 0. The minimum absolute atomic E-state index is 0.223. The average Bonchev–Trinajstić information content (AvgIpc) is 2.31. The van der Waals surface area contributed by atoms with Gasteiger partial charge in [0, 0.05) is 19.6 Å². The minimum atomic E-state index is -3.17. The van der Waals surface area contributed by atoms with Crippen LogP contribution in [-0.4, -0.2) is 37.6 Å². The number of sulfonamides is 1. The third-order valence-electron chi connectivity index (χ3n) is 4.28. The third-order valence-corrected chi connectivity index (χ3v) is 6.74. The Kier molecular flexibility index (Phi) is 4.98. The van der Waals surface area contributed by atoms with Gasteiger partial charge in [0.1, 0.15) is 0 Å². The van der Waals surface area contributed by atoms with Gasteiger partial charge in [-0.1, -0.05) is 27.2 Å². The zero-order valence-corrected chi connectivity index (χ0v) is 12.1. The summed E-state index contributed by atoms with van der Waals surface area (Å²) in [6.45, 7) is 7.85. The van der Waals surface area contributed by atoms with E-state index in [2.05, 4.69) is 13.8 Å². The van der Waals surface area contributed by atoms with Gasteiger partial charge in [-0.05, 0) is 24.7 Å². The van der Waals surface area contributed by atoms with Crippen molar-refractivity contribution < 1.29 is 8.42 Å². The Hall–Kier alpha value is -0.130. The van der Waals surface area contributed by atoms with E-state index in [1.54, 1.807) is 4.31 Å². The third kappa shape index (κ3) is 3.20. The predicted molar refractivity (Wildman–Crippen MR) is 71.3 cm³/mol. The Balaban J connectivity index is 2.71. The molecule has 1 heterocycles.